The Labute approximate surface area is 101 Å². The van der Waals surface area contributed by atoms with Gasteiger partial charge in [-0.2, -0.15) is 0 Å². The lowest BCUT2D eigenvalue weighted by atomic mass is 10.2. The minimum atomic E-state index is -0.300. The van der Waals surface area contributed by atoms with Crippen molar-refractivity contribution in [3.8, 4) is 23.7 Å². The Kier molecular flexibility index (Phi) is 5.78. The lowest BCUT2D eigenvalue weighted by Gasteiger charge is -1.91. The van der Waals surface area contributed by atoms with E-state index in [0.29, 0.717) is 0 Å². The molecule has 0 aliphatic heterocycles. The summed E-state index contributed by atoms with van der Waals surface area (Å²) >= 11 is 0. The number of allylic oxidation sites excluding steroid dienone is 1. The summed E-state index contributed by atoms with van der Waals surface area (Å²) in [5, 5.41) is 0. The second kappa shape index (κ2) is 7.79. The zero-order valence-corrected chi connectivity index (χ0v) is 9.57. The number of ether oxygens (including phenoxy) is 1. The molecule has 2 nitrogen and oxygen atoms in total. The summed E-state index contributed by atoms with van der Waals surface area (Å²) in [6.45, 7) is 1.61. The van der Waals surface area contributed by atoms with Crippen LogP contribution in [0, 0.1) is 23.7 Å². The van der Waals surface area contributed by atoms with Gasteiger partial charge in [0.1, 0.15) is 6.61 Å². The molecular weight excluding hydrogens is 212 g/mol. The van der Waals surface area contributed by atoms with Crippen LogP contribution in [0.5, 0.6) is 0 Å². The number of carbonyl (C=O) groups excluding carboxylic acids is 1. The number of hydrogen-bond acceptors (Lipinski definition) is 2. The quantitative estimate of drug-likeness (QED) is 0.568. The molecule has 0 radical (unpaired) electrons. The predicted octanol–water partition coefficient (Wildman–Crippen LogP) is 2.16. The van der Waals surface area contributed by atoms with Crippen LogP contribution in [0.25, 0.3) is 0 Å². The van der Waals surface area contributed by atoms with Gasteiger partial charge in [-0.05, 0) is 36.1 Å². The Morgan fingerprint density at radius 2 is 2.06 bits per heavy atom. The molecule has 0 saturated heterocycles. The van der Waals surface area contributed by atoms with E-state index in [2.05, 4.69) is 28.4 Å². The van der Waals surface area contributed by atoms with Gasteiger partial charge in [0.2, 0.25) is 0 Å². The van der Waals surface area contributed by atoms with Crippen LogP contribution in [0.1, 0.15) is 12.5 Å². The first-order chi connectivity index (χ1) is 8.29. The highest BCUT2D eigenvalue weighted by Crippen LogP contribution is 1.93. The van der Waals surface area contributed by atoms with Crippen molar-refractivity contribution in [1.82, 2.24) is 0 Å². The third-order valence-electron chi connectivity index (χ3n) is 1.70. The van der Waals surface area contributed by atoms with Gasteiger partial charge in [0.05, 0.1) is 0 Å². The van der Waals surface area contributed by atoms with E-state index in [4.69, 9.17) is 0 Å². The molecule has 17 heavy (non-hydrogen) atoms. The smallest absolute Gasteiger partial charge is 0.302 e. The second-order valence-electron chi connectivity index (χ2n) is 3.09. The van der Waals surface area contributed by atoms with E-state index >= 15 is 0 Å². The summed E-state index contributed by atoms with van der Waals surface area (Å²) in [5.41, 5.74) is 0.936. The highest BCUT2D eigenvalue weighted by atomic mass is 16.5. The van der Waals surface area contributed by atoms with Crippen molar-refractivity contribution in [3.05, 3.63) is 48.0 Å². The van der Waals surface area contributed by atoms with Gasteiger partial charge in [-0.15, -0.1) is 0 Å². The molecule has 0 aliphatic rings. The molecule has 0 atom stereocenters. The summed E-state index contributed by atoms with van der Waals surface area (Å²) in [6.07, 6.45) is 3.28. The molecule has 0 spiro atoms. The van der Waals surface area contributed by atoms with E-state index in [-0.39, 0.29) is 12.6 Å². The van der Waals surface area contributed by atoms with Crippen LogP contribution in [-0.2, 0) is 9.53 Å². The minimum absolute atomic E-state index is 0.246. The van der Waals surface area contributed by atoms with E-state index in [1.807, 2.05) is 30.3 Å². The molecule has 1 aromatic rings. The monoisotopic (exact) mass is 224 g/mol. The molecule has 0 N–H and O–H groups in total. The van der Waals surface area contributed by atoms with Gasteiger partial charge >= 0.3 is 5.97 Å². The topological polar surface area (TPSA) is 26.3 Å². The van der Waals surface area contributed by atoms with E-state index in [1.165, 1.54) is 6.92 Å². The maximum atomic E-state index is 10.4. The van der Waals surface area contributed by atoms with Crippen LogP contribution in [0.4, 0.5) is 0 Å². The van der Waals surface area contributed by atoms with E-state index in [9.17, 15) is 4.79 Å². The molecular formula is C15H12O2. The normalized spacial score (nSPS) is 8.76. The second-order valence-corrected chi connectivity index (χ2v) is 3.09. The van der Waals surface area contributed by atoms with Gasteiger partial charge in [0.25, 0.3) is 0 Å². The van der Waals surface area contributed by atoms with E-state index < -0.39 is 0 Å². The van der Waals surface area contributed by atoms with Gasteiger partial charge < -0.3 is 4.74 Å². The molecule has 1 aromatic carbocycles. The highest BCUT2D eigenvalue weighted by molar-refractivity contribution is 5.66. The third kappa shape index (κ3) is 6.60. The first-order valence-electron chi connectivity index (χ1n) is 5.14. The van der Waals surface area contributed by atoms with Gasteiger partial charge in [0, 0.05) is 12.5 Å². The third-order valence-corrected chi connectivity index (χ3v) is 1.70. The maximum absolute atomic E-state index is 10.4. The first kappa shape index (κ1) is 12.6. The fourth-order valence-corrected chi connectivity index (χ4v) is 0.975. The van der Waals surface area contributed by atoms with Crippen molar-refractivity contribution >= 4 is 5.97 Å². The largest absolute Gasteiger partial charge is 0.462 e. The van der Waals surface area contributed by atoms with Crippen LogP contribution in [0.3, 0.4) is 0 Å². The standard InChI is InChI=1S/C15H12O2/c1-14(16)17-13-9-4-2-3-6-10-15-11-7-5-8-12-15/h4-5,7-9,11-12H,13H2,1H3. The SMILES string of the molecule is CC(=O)OCC=CC#CC#Cc1ccccc1. The zero-order valence-electron chi connectivity index (χ0n) is 9.57. The molecule has 0 amide bonds. The average Bonchev–Trinajstić information content (AvgIpc) is 2.33. The van der Waals surface area contributed by atoms with Gasteiger partial charge in [0.15, 0.2) is 0 Å². The maximum Gasteiger partial charge on any atom is 0.302 e. The molecule has 0 saturated carbocycles. The summed E-state index contributed by atoms with van der Waals surface area (Å²) in [5.74, 6) is 10.8. The molecule has 0 heterocycles. The molecule has 0 aromatic heterocycles. The van der Waals surface area contributed by atoms with Crippen molar-refractivity contribution < 1.29 is 9.53 Å². The molecule has 2 heteroatoms. The Morgan fingerprint density at radius 3 is 2.76 bits per heavy atom. The first-order valence-corrected chi connectivity index (χ1v) is 5.14. The number of hydrogen-bond donors (Lipinski definition) is 0. The van der Waals surface area contributed by atoms with Crippen molar-refractivity contribution in [3.63, 3.8) is 0 Å². The number of carbonyl (C=O) groups is 1. The van der Waals surface area contributed by atoms with Crippen LogP contribution in [0.2, 0.25) is 0 Å². The number of rotatable bonds is 2. The average molecular weight is 224 g/mol. The van der Waals surface area contributed by atoms with Gasteiger partial charge in [-0.25, -0.2) is 0 Å². The Balaban J connectivity index is 2.37. The molecule has 0 fully saturated rings. The predicted molar refractivity (Wildman–Crippen MR) is 66.9 cm³/mol. The molecule has 84 valence electrons. The van der Waals surface area contributed by atoms with Crippen LogP contribution in [0.15, 0.2) is 42.5 Å². The van der Waals surface area contributed by atoms with Gasteiger partial charge in [-0.1, -0.05) is 30.0 Å². The van der Waals surface area contributed by atoms with E-state index in [0.717, 1.165) is 5.56 Å². The minimum Gasteiger partial charge on any atom is -0.462 e. The van der Waals surface area contributed by atoms with Crippen molar-refractivity contribution in [2.24, 2.45) is 0 Å². The van der Waals surface area contributed by atoms with Crippen LogP contribution < -0.4 is 0 Å². The fourth-order valence-electron chi connectivity index (χ4n) is 0.975. The lowest BCUT2D eigenvalue weighted by molar-refractivity contribution is -0.139. The Morgan fingerprint density at radius 1 is 1.29 bits per heavy atom. The lowest BCUT2D eigenvalue weighted by Crippen LogP contribution is -1.96. The fraction of sp³-hybridized carbons (Fsp3) is 0.133. The van der Waals surface area contributed by atoms with Crippen LogP contribution in [-0.4, -0.2) is 12.6 Å². The summed E-state index contributed by atoms with van der Waals surface area (Å²) in [6, 6.07) is 9.64. The Bertz CT molecular complexity index is 505. The summed E-state index contributed by atoms with van der Waals surface area (Å²) in [7, 11) is 0. The van der Waals surface area contributed by atoms with Crippen molar-refractivity contribution in [2.45, 2.75) is 6.92 Å². The Hall–Kier alpha value is -2.45. The molecule has 1 rings (SSSR count). The van der Waals surface area contributed by atoms with Gasteiger partial charge in [-0.3, -0.25) is 4.79 Å². The van der Waals surface area contributed by atoms with Crippen molar-refractivity contribution in [1.29, 1.82) is 0 Å². The number of benzene rings is 1. The molecule has 0 aliphatic carbocycles. The van der Waals surface area contributed by atoms with Crippen molar-refractivity contribution in [2.75, 3.05) is 6.61 Å². The highest BCUT2D eigenvalue weighted by Gasteiger charge is 1.84. The molecule has 0 unspecified atom stereocenters. The zero-order chi connectivity index (χ0) is 12.3. The summed E-state index contributed by atoms with van der Waals surface area (Å²) in [4.78, 5) is 10.4. The summed E-state index contributed by atoms with van der Waals surface area (Å²) < 4.78 is 4.69. The molecule has 0 bridgehead atoms. The number of esters is 1. The van der Waals surface area contributed by atoms with Crippen LogP contribution >= 0.6 is 0 Å². The van der Waals surface area contributed by atoms with E-state index in [1.54, 1.807) is 12.2 Å².